The predicted octanol–water partition coefficient (Wildman–Crippen LogP) is 2.80. The summed E-state index contributed by atoms with van der Waals surface area (Å²) in [5.41, 5.74) is 0.567. The van der Waals surface area contributed by atoms with Crippen LogP contribution in [0.3, 0.4) is 0 Å². The van der Waals surface area contributed by atoms with E-state index in [2.05, 4.69) is 0 Å². The van der Waals surface area contributed by atoms with E-state index >= 15 is 0 Å². The third-order valence-corrected chi connectivity index (χ3v) is 5.78. The number of hydrogen-bond acceptors (Lipinski definition) is 3. The molecule has 1 rings (SSSR count). The molecule has 0 saturated carbocycles. The number of aliphatic hydroxyl groups excluding tert-OH is 1. The van der Waals surface area contributed by atoms with Crippen molar-refractivity contribution < 1.29 is 13.5 Å². The van der Waals surface area contributed by atoms with E-state index in [0.29, 0.717) is 5.56 Å². The van der Waals surface area contributed by atoms with Crippen LogP contribution in [-0.4, -0.2) is 30.9 Å². The largest absolute Gasteiger partial charge is 0.389 e. The van der Waals surface area contributed by atoms with Crippen LogP contribution >= 0.6 is 0 Å². The van der Waals surface area contributed by atoms with Gasteiger partial charge in [0.2, 0.25) is 10.0 Å². The second-order valence-corrected chi connectivity index (χ2v) is 8.31. The molecule has 2 atom stereocenters. The molecule has 0 aromatic heterocycles. The van der Waals surface area contributed by atoms with Crippen LogP contribution in [0.1, 0.15) is 46.3 Å². The number of hydrogen-bond donors (Lipinski definition) is 1. The van der Waals surface area contributed by atoms with Gasteiger partial charge in [-0.1, -0.05) is 32.9 Å². The first kappa shape index (κ1) is 17.1. The lowest BCUT2D eigenvalue weighted by molar-refractivity contribution is 0.199. The van der Waals surface area contributed by atoms with Gasteiger partial charge >= 0.3 is 0 Å². The van der Waals surface area contributed by atoms with Crippen molar-refractivity contribution >= 4 is 10.0 Å². The van der Waals surface area contributed by atoms with Gasteiger partial charge in [0, 0.05) is 13.1 Å². The number of aliphatic hydroxyl groups is 1. The van der Waals surface area contributed by atoms with Crippen LogP contribution in [0.5, 0.6) is 0 Å². The molecule has 5 heteroatoms. The molecule has 4 nitrogen and oxygen atoms in total. The van der Waals surface area contributed by atoms with Crippen LogP contribution in [0.2, 0.25) is 0 Å². The second-order valence-electron chi connectivity index (χ2n) is 6.31. The molecular formula is C15H25NO3S. The van der Waals surface area contributed by atoms with Crippen molar-refractivity contribution in [3.05, 3.63) is 29.8 Å². The lowest BCUT2D eigenvalue weighted by atomic mass is 9.88. The van der Waals surface area contributed by atoms with Crippen molar-refractivity contribution in [2.45, 2.75) is 51.7 Å². The average molecular weight is 299 g/mol. The SMILES string of the molecule is CC(O)c1ccc(S(=O)(=O)N(C)C(C)C(C)(C)C)cc1. The normalized spacial score (nSPS) is 16.2. The number of rotatable bonds is 4. The molecule has 0 saturated heterocycles. The molecule has 114 valence electrons. The molecule has 1 N–H and O–H groups in total. The zero-order chi connectivity index (χ0) is 15.7. The highest BCUT2D eigenvalue weighted by atomic mass is 32.2. The fraction of sp³-hybridized carbons (Fsp3) is 0.600. The Bertz CT molecular complexity index is 541. The van der Waals surface area contributed by atoms with Crippen LogP contribution in [0, 0.1) is 5.41 Å². The molecule has 0 spiro atoms. The molecule has 0 aliphatic heterocycles. The predicted molar refractivity (Wildman–Crippen MR) is 80.9 cm³/mol. The van der Waals surface area contributed by atoms with Gasteiger partial charge in [-0.3, -0.25) is 0 Å². The molecule has 1 aromatic rings. The fourth-order valence-corrected chi connectivity index (χ4v) is 3.38. The van der Waals surface area contributed by atoms with Gasteiger partial charge in [-0.15, -0.1) is 0 Å². The molecule has 0 radical (unpaired) electrons. The molecule has 1 aromatic carbocycles. The van der Waals surface area contributed by atoms with Crippen LogP contribution in [0.15, 0.2) is 29.2 Å². The van der Waals surface area contributed by atoms with Crippen molar-refractivity contribution in [2.75, 3.05) is 7.05 Å². The summed E-state index contributed by atoms with van der Waals surface area (Å²) in [7, 11) is -1.91. The van der Waals surface area contributed by atoms with Crippen LogP contribution in [0.25, 0.3) is 0 Å². The number of sulfonamides is 1. The third kappa shape index (κ3) is 3.59. The Kier molecular flexibility index (Phi) is 5.00. The highest BCUT2D eigenvalue weighted by molar-refractivity contribution is 7.89. The summed E-state index contributed by atoms with van der Waals surface area (Å²) in [5, 5.41) is 9.46. The van der Waals surface area contributed by atoms with Crippen molar-refractivity contribution in [1.29, 1.82) is 0 Å². The van der Waals surface area contributed by atoms with E-state index in [4.69, 9.17) is 0 Å². The minimum Gasteiger partial charge on any atom is -0.389 e. The zero-order valence-corrected chi connectivity index (χ0v) is 13.9. The van der Waals surface area contributed by atoms with Gasteiger partial charge < -0.3 is 5.11 Å². The summed E-state index contributed by atoms with van der Waals surface area (Å²) >= 11 is 0. The highest BCUT2D eigenvalue weighted by Gasteiger charge is 2.32. The Labute approximate surface area is 122 Å². The van der Waals surface area contributed by atoms with Gasteiger partial charge in [0.15, 0.2) is 0 Å². The van der Waals surface area contributed by atoms with Gasteiger partial charge in [-0.25, -0.2) is 8.42 Å². The summed E-state index contributed by atoms with van der Waals surface area (Å²) in [6.07, 6.45) is -0.599. The topological polar surface area (TPSA) is 57.6 Å². The maximum atomic E-state index is 12.6. The minimum absolute atomic E-state index is 0.121. The average Bonchev–Trinajstić information content (AvgIpc) is 2.35. The number of nitrogens with zero attached hydrogens (tertiary/aromatic N) is 1. The van der Waals surface area contributed by atoms with Crippen LogP contribution in [-0.2, 0) is 10.0 Å². The minimum atomic E-state index is -3.51. The molecule has 0 aliphatic rings. The van der Waals surface area contributed by atoms with Crippen molar-refractivity contribution in [2.24, 2.45) is 5.41 Å². The maximum absolute atomic E-state index is 12.6. The first-order chi connectivity index (χ1) is 8.98. The molecule has 0 fully saturated rings. The summed E-state index contributed by atoms with van der Waals surface area (Å²) in [4.78, 5) is 0.250. The van der Waals surface area contributed by atoms with Gasteiger partial charge in [0.05, 0.1) is 11.0 Å². The Morgan fingerprint density at radius 2 is 1.55 bits per heavy atom. The molecule has 0 bridgehead atoms. The summed E-state index contributed by atoms with van der Waals surface area (Å²) in [6, 6.07) is 6.26. The van der Waals surface area contributed by atoms with Gasteiger partial charge in [0.1, 0.15) is 0 Å². The van der Waals surface area contributed by atoms with Crippen molar-refractivity contribution in [3.63, 3.8) is 0 Å². The maximum Gasteiger partial charge on any atom is 0.243 e. The zero-order valence-electron chi connectivity index (χ0n) is 13.1. The third-order valence-electron chi connectivity index (χ3n) is 3.84. The number of benzene rings is 1. The quantitative estimate of drug-likeness (QED) is 0.930. The Balaban J connectivity index is 3.10. The van der Waals surface area contributed by atoms with Crippen molar-refractivity contribution in [1.82, 2.24) is 4.31 Å². The standard InChI is InChI=1S/C15H25NO3S/c1-11(17)13-7-9-14(10-8-13)20(18,19)16(6)12(2)15(3,4)5/h7-12,17H,1-6H3. The molecule has 0 aliphatic carbocycles. The molecule has 0 amide bonds. The Morgan fingerprint density at radius 1 is 1.10 bits per heavy atom. The lowest BCUT2D eigenvalue weighted by Crippen LogP contribution is -2.42. The van der Waals surface area contributed by atoms with Crippen LogP contribution < -0.4 is 0 Å². The Hall–Kier alpha value is -0.910. The van der Waals surface area contributed by atoms with Gasteiger partial charge in [-0.2, -0.15) is 4.31 Å². The van der Waals surface area contributed by atoms with Crippen molar-refractivity contribution in [3.8, 4) is 0 Å². The van der Waals surface area contributed by atoms with Crippen LogP contribution in [0.4, 0.5) is 0 Å². The first-order valence-electron chi connectivity index (χ1n) is 6.74. The smallest absolute Gasteiger partial charge is 0.243 e. The van der Waals surface area contributed by atoms with Gasteiger partial charge in [-0.05, 0) is 37.0 Å². The van der Waals surface area contributed by atoms with E-state index in [1.165, 1.54) is 4.31 Å². The Morgan fingerprint density at radius 3 is 1.90 bits per heavy atom. The van der Waals surface area contributed by atoms with E-state index in [9.17, 15) is 13.5 Å². The van der Waals surface area contributed by atoms with E-state index in [1.54, 1.807) is 38.2 Å². The van der Waals surface area contributed by atoms with E-state index in [0.717, 1.165) is 0 Å². The molecular weight excluding hydrogens is 274 g/mol. The van der Waals surface area contributed by atoms with E-state index in [1.807, 2.05) is 27.7 Å². The van der Waals surface area contributed by atoms with Gasteiger partial charge in [0.25, 0.3) is 0 Å². The first-order valence-corrected chi connectivity index (χ1v) is 8.18. The molecule has 0 heterocycles. The fourth-order valence-electron chi connectivity index (χ4n) is 1.84. The molecule has 20 heavy (non-hydrogen) atoms. The highest BCUT2D eigenvalue weighted by Crippen LogP contribution is 2.28. The summed E-state index contributed by atoms with van der Waals surface area (Å²) in [5.74, 6) is 0. The van der Waals surface area contributed by atoms with E-state index in [-0.39, 0.29) is 16.4 Å². The second kappa shape index (κ2) is 5.84. The monoisotopic (exact) mass is 299 g/mol. The van der Waals surface area contributed by atoms with E-state index < -0.39 is 16.1 Å². The summed E-state index contributed by atoms with van der Waals surface area (Å²) in [6.45, 7) is 9.60. The lowest BCUT2D eigenvalue weighted by Gasteiger charge is -2.34. The summed E-state index contributed by atoms with van der Waals surface area (Å²) < 4.78 is 26.5. The molecule has 2 unspecified atom stereocenters.